The van der Waals surface area contributed by atoms with Crippen LogP contribution in [-0.2, 0) is 19.2 Å². The molecular weight excluding hydrogens is 543 g/mol. The average Bonchev–Trinajstić information content (AvgIpc) is 3.42. The maximum atomic E-state index is 2.97. The van der Waals surface area contributed by atoms with Crippen LogP contribution < -0.4 is 0 Å². The van der Waals surface area contributed by atoms with E-state index in [4.69, 9.17) is 0 Å². The number of benzene rings is 3. The molecule has 0 aliphatic rings. The van der Waals surface area contributed by atoms with E-state index in [1.54, 1.807) is 19.2 Å². The molecule has 5 aromatic rings. The van der Waals surface area contributed by atoms with Crippen LogP contribution in [0.25, 0.3) is 21.5 Å². The molecule has 0 fully saturated rings. The SMILES string of the molecule is Cc1cc2c(C(C)C)cccc2[cH-]1.Cc1cc2c(C(C)C)cccc2[cH-]1.Cl.Cl.[CH3-].[Si]=[Ti].[c-]1ccccc1. The van der Waals surface area contributed by atoms with Gasteiger partial charge in [0, 0.05) is 0 Å². The summed E-state index contributed by atoms with van der Waals surface area (Å²) < 4.78 is 0. The second-order valence-electron chi connectivity index (χ2n) is 9.15. The number of hydrogen-bond donors (Lipinski definition) is 0. The Kier molecular flexibility index (Phi) is 19.7. The first kappa shape index (κ1) is 37.5. The third-order valence-corrected chi connectivity index (χ3v) is 5.71. The zero-order valence-corrected chi connectivity index (χ0v) is 27.3. The van der Waals surface area contributed by atoms with Gasteiger partial charge in [0.15, 0.2) is 0 Å². The molecule has 0 aliphatic heterocycles. The van der Waals surface area contributed by atoms with Crippen molar-refractivity contribution in [1.82, 2.24) is 0 Å². The summed E-state index contributed by atoms with van der Waals surface area (Å²) in [6.07, 6.45) is 0. The Hall–Kier alpha value is -1.61. The first-order valence-electron chi connectivity index (χ1n) is 11.8. The minimum atomic E-state index is 0. The molecule has 0 N–H and O–H groups in total. The van der Waals surface area contributed by atoms with Crippen molar-refractivity contribution in [2.75, 3.05) is 0 Å². The number of halogens is 2. The predicted octanol–water partition coefficient (Wildman–Crippen LogP) is 10.4. The summed E-state index contributed by atoms with van der Waals surface area (Å²) >= 11 is 1.81. The van der Waals surface area contributed by atoms with Crippen LogP contribution in [0.2, 0.25) is 0 Å². The fourth-order valence-corrected chi connectivity index (χ4v) is 4.17. The summed E-state index contributed by atoms with van der Waals surface area (Å²) in [4.78, 5) is 0. The van der Waals surface area contributed by atoms with Crippen molar-refractivity contribution < 1.29 is 19.2 Å². The Morgan fingerprint density at radius 3 is 1.30 bits per heavy atom. The van der Waals surface area contributed by atoms with E-state index in [1.807, 2.05) is 30.3 Å². The third kappa shape index (κ3) is 11.3. The van der Waals surface area contributed by atoms with Crippen molar-refractivity contribution in [3.63, 3.8) is 0 Å². The van der Waals surface area contributed by atoms with E-state index in [0.717, 1.165) is 0 Å². The monoisotopic (exact) mass is 582 g/mol. The van der Waals surface area contributed by atoms with Gasteiger partial charge in [-0.3, -0.25) is 0 Å². The predicted molar refractivity (Wildman–Crippen MR) is 169 cm³/mol. The van der Waals surface area contributed by atoms with Gasteiger partial charge < -0.3 is 7.43 Å². The summed E-state index contributed by atoms with van der Waals surface area (Å²) in [6, 6.07) is 34.7. The maximum Gasteiger partial charge on any atom is -0.171 e. The molecule has 0 unspecified atom stereocenters. The Morgan fingerprint density at radius 2 is 1.03 bits per heavy atom. The molecule has 0 amide bonds. The maximum absolute atomic E-state index is 2.97. The number of fused-ring (bicyclic) bond motifs is 2. The van der Waals surface area contributed by atoms with Gasteiger partial charge in [0.2, 0.25) is 0 Å². The van der Waals surface area contributed by atoms with Crippen molar-refractivity contribution in [2.45, 2.75) is 53.4 Å². The standard InChI is InChI=1S/2C13H15.C6H5.CH3.2ClH.Si.Ti/c2*1-9(2)12-6-4-5-11-7-10(3)8-13(11)12;1-2-4-6-5-3-1;;;;;/h2*4-9H,1-3H3;1-5H;1H3;2*1H;;/q4*-1;;;;. The topological polar surface area (TPSA) is 0 Å². The molecule has 0 heterocycles. The molecule has 0 saturated heterocycles. The van der Waals surface area contributed by atoms with Gasteiger partial charge in [-0.15, -0.1) is 93.9 Å². The number of aryl methyl sites for hydroxylation is 2. The molecule has 0 atom stereocenters. The van der Waals surface area contributed by atoms with Crippen LogP contribution in [0.3, 0.4) is 0 Å². The number of rotatable bonds is 2. The second-order valence-corrected chi connectivity index (χ2v) is 9.15. The minimum Gasteiger partial charge on any atom is -0.184 e. The van der Waals surface area contributed by atoms with Crippen molar-refractivity contribution in [1.29, 1.82) is 0 Å². The van der Waals surface area contributed by atoms with E-state index in [0.29, 0.717) is 11.8 Å². The average molecular weight is 584 g/mol. The summed E-state index contributed by atoms with van der Waals surface area (Å²) in [5.74, 6) is 1.23. The Balaban J connectivity index is 0. The van der Waals surface area contributed by atoms with E-state index >= 15 is 0 Å². The van der Waals surface area contributed by atoms with Crippen molar-refractivity contribution >= 4 is 54.0 Å². The van der Waals surface area contributed by atoms with E-state index < -0.39 is 0 Å². The molecule has 198 valence electrons. The van der Waals surface area contributed by atoms with Gasteiger partial charge in [0.05, 0.1) is 0 Å². The summed E-state index contributed by atoms with van der Waals surface area (Å²) in [7, 11) is 2.97. The minimum absolute atomic E-state index is 0. The molecular formula is C33H40Cl2SiTi-4. The second kappa shape index (κ2) is 19.5. The van der Waals surface area contributed by atoms with Gasteiger partial charge in [-0.05, 0) is 11.8 Å². The normalized spacial score (nSPS) is 9.38. The molecule has 0 aromatic heterocycles. The molecule has 5 rings (SSSR count). The molecule has 0 bridgehead atoms. The third-order valence-electron chi connectivity index (χ3n) is 5.71. The summed E-state index contributed by atoms with van der Waals surface area (Å²) in [5.41, 5.74) is 5.66. The van der Waals surface area contributed by atoms with Gasteiger partial charge in [0.25, 0.3) is 0 Å². The molecule has 4 heteroatoms. The molecule has 0 spiro atoms. The first-order valence-corrected chi connectivity index (χ1v) is 14.7. The molecule has 37 heavy (non-hydrogen) atoms. The van der Waals surface area contributed by atoms with Crippen LogP contribution in [0.4, 0.5) is 0 Å². The first-order chi connectivity index (χ1) is 16.4. The van der Waals surface area contributed by atoms with Gasteiger partial charge in [-0.1, -0.05) is 64.8 Å². The van der Waals surface area contributed by atoms with Crippen LogP contribution in [0.15, 0.2) is 91.0 Å². The zero-order chi connectivity index (χ0) is 25.1. The van der Waals surface area contributed by atoms with Gasteiger partial charge in [0.1, 0.15) is 0 Å². The van der Waals surface area contributed by atoms with Gasteiger partial charge in [-0.25, -0.2) is 0 Å². The van der Waals surface area contributed by atoms with Crippen molar-refractivity contribution in [3.8, 4) is 0 Å². The van der Waals surface area contributed by atoms with E-state index in [2.05, 4.69) is 116 Å². The van der Waals surface area contributed by atoms with Crippen LogP contribution in [0, 0.1) is 27.3 Å². The quantitative estimate of drug-likeness (QED) is 0.143. The van der Waals surface area contributed by atoms with Crippen LogP contribution in [-0.4, -0.2) is 7.63 Å². The van der Waals surface area contributed by atoms with Crippen LogP contribution >= 0.6 is 24.8 Å². The van der Waals surface area contributed by atoms with Crippen molar-refractivity contribution in [3.05, 3.63) is 127 Å². The molecule has 2 radical (unpaired) electrons. The largest absolute Gasteiger partial charge is 0.184 e. The fraction of sp³-hybridized carbons (Fsp3) is 0.242. The van der Waals surface area contributed by atoms with E-state index in [9.17, 15) is 0 Å². The Morgan fingerprint density at radius 1 is 0.649 bits per heavy atom. The zero-order valence-electron chi connectivity index (χ0n) is 23.1. The summed E-state index contributed by atoms with van der Waals surface area (Å²) in [5, 5.41) is 5.61. The van der Waals surface area contributed by atoms with Gasteiger partial charge in [-0.2, -0.15) is 48.5 Å². The summed E-state index contributed by atoms with van der Waals surface area (Å²) in [6.45, 7) is 13.3. The molecule has 0 aliphatic carbocycles. The van der Waals surface area contributed by atoms with E-state index in [1.165, 1.54) is 43.8 Å². The Bertz CT molecular complexity index is 1160. The number of hydrogen-bond acceptors (Lipinski definition) is 0. The van der Waals surface area contributed by atoms with Crippen LogP contribution in [0.5, 0.6) is 0 Å². The van der Waals surface area contributed by atoms with Crippen molar-refractivity contribution in [2.24, 2.45) is 0 Å². The smallest absolute Gasteiger partial charge is 0.171 e. The molecule has 0 saturated carbocycles. The fourth-order valence-electron chi connectivity index (χ4n) is 4.17. The molecule has 5 aromatic carbocycles. The Labute approximate surface area is 251 Å². The van der Waals surface area contributed by atoms with E-state index in [-0.39, 0.29) is 32.2 Å². The molecule has 0 nitrogen and oxygen atoms in total. The van der Waals surface area contributed by atoms with Crippen LogP contribution in [0.1, 0.15) is 61.8 Å². The van der Waals surface area contributed by atoms with Gasteiger partial charge >= 0.3 is 26.8 Å².